The summed E-state index contributed by atoms with van der Waals surface area (Å²) in [5, 5.41) is 3.60. The Morgan fingerprint density at radius 2 is 1.88 bits per heavy atom. The van der Waals surface area contributed by atoms with E-state index in [-0.39, 0.29) is 0 Å². The molecule has 0 amide bonds. The van der Waals surface area contributed by atoms with E-state index in [0.717, 1.165) is 19.4 Å². The minimum atomic E-state index is -2.99. The third kappa shape index (κ3) is 3.93. The summed E-state index contributed by atoms with van der Waals surface area (Å²) in [6.07, 6.45) is 8.76. The second kappa shape index (κ2) is 5.67. The number of piperidine rings is 1. The van der Waals surface area contributed by atoms with Gasteiger partial charge in [-0.15, -0.1) is 0 Å². The van der Waals surface area contributed by atoms with Crippen LogP contribution in [0.1, 0.15) is 38.5 Å². The normalized spacial score (nSPS) is 28.6. The van der Waals surface area contributed by atoms with Gasteiger partial charge in [-0.2, -0.15) is 0 Å². The molecule has 0 spiro atoms. The van der Waals surface area contributed by atoms with Crippen LogP contribution in [0.2, 0.25) is 0 Å². The Morgan fingerprint density at radius 1 is 1.18 bits per heavy atom. The summed E-state index contributed by atoms with van der Waals surface area (Å²) in [6.45, 7) is 2.40. The third-order valence-corrected chi connectivity index (χ3v) is 5.27. The summed E-state index contributed by atoms with van der Waals surface area (Å²) in [5.74, 6) is 0.499. The standard InChI is InChI=1S/C12H24N2O2S/c1-17(15,16)14-8-4-5-11(10-14)9-13-12-6-2-3-7-12/h11-13H,2-10H2,1H3. The Hall–Kier alpha value is -0.130. The van der Waals surface area contributed by atoms with E-state index in [9.17, 15) is 8.42 Å². The van der Waals surface area contributed by atoms with Crippen LogP contribution in [0.25, 0.3) is 0 Å². The van der Waals surface area contributed by atoms with Crippen molar-refractivity contribution in [1.82, 2.24) is 9.62 Å². The first-order valence-corrected chi connectivity index (χ1v) is 8.59. The summed E-state index contributed by atoms with van der Waals surface area (Å²) in [7, 11) is -2.99. The maximum Gasteiger partial charge on any atom is 0.211 e. The first-order chi connectivity index (χ1) is 8.05. The van der Waals surface area contributed by atoms with Gasteiger partial charge in [-0.05, 0) is 38.1 Å². The first kappa shape index (κ1) is 13.3. The number of nitrogens with zero attached hydrogens (tertiary/aromatic N) is 1. The second-order valence-electron chi connectivity index (χ2n) is 5.52. The predicted octanol–water partition coefficient (Wildman–Crippen LogP) is 1.19. The highest BCUT2D eigenvalue weighted by atomic mass is 32.2. The molecule has 1 heterocycles. The van der Waals surface area contributed by atoms with Gasteiger partial charge in [0.1, 0.15) is 0 Å². The maximum atomic E-state index is 11.5. The number of hydrogen-bond donors (Lipinski definition) is 1. The van der Waals surface area contributed by atoms with E-state index in [2.05, 4.69) is 5.32 Å². The molecule has 1 saturated carbocycles. The van der Waals surface area contributed by atoms with Crippen LogP contribution in [0.15, 0.2) is 0 Å². The maximum absolute atomic E-state index is 11.5. The average molecular weight is 260 g/mol. The van der Waals surface area contributed by atoms with Gasteiger partial charge < -0.3 is 5.32 Å². The van der Waals surface area contributed by atoms with Gasteiger partial charge in [-0.3, -0.25) is 0 Å². The van der Waals surface area contributed by atoms with Crippen molar-refractivity contribution in [3.05, 3.63) is 0 Å². The van der Waals surface area contributed by atoms with Crippen LogP contribution in [0.5, 0.6) is 0 Å². The summed E-state index contributed by atoms with van der Waals surface area (Å²) in [4.78, 5) is 0. The van der Waals surface area contributed by atoms with Gasteiger partial charge in [0.15, 0.2) is 0 Å². The van der Waals surface area contributed by atoms with Gasteiger partial charge in [0, 0.05) is 19.1 Å². The van der Waals surface area contributed by atoms with Crippen molar-refractivity contribution in [1.29, 1.82) is 0 Å². The molecule has 2 fully saturated rings. The molecule has 5 heteroatoms. The molecule has 2 rings (SSSR count). The van der Waals surface area contributed by atoms with E-state index >= 15 is 0 Å². The topological polar surface area (TPSA) is 49.4 Å². The van der Waals surface area contributed by atoms with Crippen LogP contribution >= 0.6 is 0 Å². The largest absolute Gasteiger partial charge is 0.314 e. The molecule has 0 radical (unpaired) electrons. The predicted molar refractivity (Wildman–Crippen MR) is 69.4 cm³/mol. The van der Waals surface area contributed by atoms with Crippen molar-refractivity contribution in [2.75, 3.05) is 25.9 Å². The summed E-state index contributed by atoms with van der Waals surface area (Å²) in [6, 6.07) is 0.684. The van der Waals surface area contributed by atoms with Crippen LogP contribution in [-0.4, -0.2) is 44.7 Å². The Morgan fingerprint density at radius 3 is 2.53 bits per heavy atom. The Bertz CT molecular complexity index is 336. The van der Waals surface area contributed by atoms with E-state index in [4.69, 9.17) is 0 Å². The molecule has 0 aromatic carbocycles. The zero-order valence-corrected chi connectivity index (χ0v) is 11.5. The van der Waals surface area contributed by atoms with Gasteiger partial charge in [0.05, 0.1) is 6.26 Å². The average Bonchev–Trinajstić information content (AvgIpc) is 2.78. The van der Waals surface area contributed by atoms with E-state index in [1.165, 1.54) is 31.9 Å². The number of nitrogens with one attached hydrogen (secondary N) is 1. The SMILES string of the molecule is CS(=O)(=O)N1CCCC(CNC2CCCC2)C1. The molecule has 1 N–H and O–H groups in total. The molecule has 100 valence electrons. The van der Waals surface area contributed by atoms with Crippen molar-refractivity contribution in [2.24, 2.45) is 5.92 Å². The van der Waals surface area contributed by atoms with Crippen LogP contribution in [0.4, 0.5) is 0 Å². The lowest BCUT2D eigenvalue weighted by molar-refractivity contribution is 0.255. The van der Waals surface area contributed by atoms with Gasteiger partial charge in [0.2, 0.25) is 10.0 Å². The van der Waals surface area contributed by atoms with Gasteiger partial charge in [0.25, 0.3) is 0 Å². The molecule has 0 aromatic rings. The summed E-state index contributed by atoms with van der Waals surface area (Å²) in [5.41, 5.74) is 0. The van der Waals surface area contributed by atoms with E-state index in [0.29, 0.717) is 25.0 Å². The third-order valence-electron chi connectivity index (χ3n) is 4.00. The fourth-order valence-electron chi connectivity index (χ4n) is 2.96. The fourth-order valence-corrected chi connectivity index (χ4v) is 3.90. The van der Waals surface area contributed by atoms with Crippen molar-refractivity contribution in [3.63, 3.8) is 0 Å². The lowest BCUT2D eigenvalue weighted by Crippen LogP contribution is -2.43. The highest BCUT2D eigenvalue weighted by Crippen LogP contribution is 2.21. The molecule has 1 atom stereocenters. The highest BCUT2D eigenvalue weighted by molar-refractivity contribution is 7.88. The zero-order chi connectivity index (χ0) is 12.3. The van der Waals surface area contributed by atoms with Crippen molar-refractivity contribution in [3.8, 4) is 0 Å². The minimum absolute atomic E-state index is 0.499. The zero-order valence-electron chi connectivity index (χ0n) is 10.7. The summed E-state index contributed by atoms with van der Waals surface area (Å²) < 4.78 is 24.6. The first-order valence-electron chi connectivity index (χ1n) is 6.74. The quantitative estimate of drug-likeness (QED) is 0.826. The fraction of sp³-hybridized carbons (Fsp3) is 1.00. The lowest BCUT2D eigenvalue weighted by atomic mass is 9.99. The molecule has 1 saturated heterocycles. The monoisotopic (exact) mass is 260 g/mol. The smallest absolute Gasteiger partial charge is 0.211 e. The van der Waals surface area contributed by atoms with Crippen LogP contribution in [-0.2, 0) is 10.0 Å². The molecule has 0 aromatic heterocycles. The van der Waals surface area contributed by atoms with E-state index in [1.807, 2.05) is 0 Å². The summed E-state index contributed by atoms with van der Waals surface area (Å²) >= 11 is 0. The van der Waals surface area contributed by atoms with Crippen molar-refractivity contribution in [2.45, 2.75) is 44.6 Å². The molecule has 0 bridgehead atoms. The Kier molecular flexibility index (Phi) is 4.44. The van der Waals surface area contributed by atoms with E-state index in [1.54, 1.807) is 4.31 Å². The van der Waals surface area contributed by atoms with Gasteiger partial charge in [-0.1, -0.05) is 12.8 Å². The lowest BCUT2D eigenvalue weighted by Gasteiger charge is -2.31. The van der Waals surface area contributed by atoms with Crippen molar-refractivity contribution >= 4 is 10.0 Å². The molecule has 4 nitrogen and oxygen atoms in total. The Labute approximate surface area is 105 Å². The van der Waals surface area contributed by atoms with Crippen molar-refractivity contribution < 1.29 is 8.42 Å². The Balaban J connectivity index is 1.77. The van der Waals surface area contributed by atoms with Crippen LogP contribution in [0.3, 0.4) is 0 Å². The van der Waals surface area contributed by atoms with E-state index < -0.39 is 10.0 Å². The number of sulfonamides is 1. The van der Waals surface area contributed by atoms with Gasteiger partial charge in [-0.25, -0.2) is 12.7 Å². The second-order valence-corrected chi connectivity index (χ2v) is 7.50. The number of rotatable bonds is 4. The molecule has 2 aliphatic rings. The number of hydrogen-bond acceptors (Lipinski definition) is 3. The molecule has 1 aliphatic carbocycles. The molecular weight excluding hydrogens is 236 g/mol. The highest BCUT2D eigenvalue weighted by Gasteiger charge is 2.26. The molecule has 1 aliphatic heterocycles. The van der Waals surface area contributed by atoms with Gasteiger partial charge >= 0.3 is 0 Å². The van der Waals surface area contributed by atoms with Crippen LogP contribution < -0.4 is 5.32 Å². The molecular formula is C12H24N2O2S. The minimum Gasteiger partial charge on any atom is -0.314 e. The van der Waals surface area contributed by atoms with Crippen LogP contribution in [0, 0.1) is 5.92 Å². The molecule has 1 unspecified atom stereocenters. The molecule has 17 heavy (non-hydrogen) atoms.